The number of anilines is 1. The third kappa shape index (κ3) is 2.41. The summed E-state index contributed by atoms with van der Waals surface area (Å²) in [5.74, 6) is 0. The number of hydrogen-bond donors (Lipinski definition) is 2. The van der Waals surface area contributed by atoms with Gasteiger partial charge in [-0.15, -0.1) is 0 Å². The van der Waals surface area contributed by atoms with Crippen LogP contribution in [-0.2, 0) is 0 Å². The van der Waals surface area contributed by atoms with Crippen LogP contribution in [0.25, 0.3) is 0 Å². The van der Waals surface area contributed by atoms with Crippen LogP contribution < -0.4 is 5.32 Å². The lowest BCUT2D eigenvalue weighted by atomic mass is 9.77. The van der Waals surface area contributed by atoms with Gasteiger partial charge in [0, 0.05) is 12.1 Å². The van der Waals surface area contributed by atoms with Gasteiger partial charge in [-0.25, -0.2) is 0 Å². The zero-order valence-electron chi connectivity index (χ0n) is 9.88. The van der Waals surface area contributed by atoms with Gasteiger partial charge in [0.1, 0.15) is 5.69 Å². The maximum absolute atomic E-state index is 10.9. The largest absolute Gasteiger partial charge is 0.390 e. The number of nitro groups is 1. The van der Waals surface area contributed by atoms with Crippen LogP contribution in [0.3, 0.4) is 0 Å². The molecule has 0 spiro atoms. The van der Waals surface area contributed by atoms with E-state index in [0.717, 1.165) is 0 Å². The topological polar surface area (TPSA) is 99.2 Å². The Hall–Kier alpha value is -2.13. The highest BCUT2D eigenvalue weighted by Gasteiger charge is 2.38. The molecule has 1 aliphatic rings. The lowest BCUT2D eigenvalue weighted by molar-refractivity contribution is -0.384. The van der Waals surface area contributed by atoms with Crippen molar-refractivity contribution < 1.29 is 10.0 Å². The van der Waals surface area contributed by atoms with E-state index < -0.39 is 10.5 Å². The maximum Gasteiger partial charge on any atom is 0.292 e. The number of nitriles is 1. The highest BCUT2D eigenvalue weighted by atomic mass is 16.6. The first-order chi connectivity index (χ1) is 8.41. The molecule has 2 rings (SSSR count). The number of nitro benzene ring substituents is 1. The van der Waals surface area contributed by atoms with Crippen molar-refractivity contribution >= 4 is 11.4 Å². The lowest BCUT2D eigenvalue weighted by Crippen LogP contribution is -2.48. The number of hydrogen-bond acceptors (Lipinski definition) is 5. The first-order valence-corrected chi connectivity index (χ1v) is 5.59. The van der Waals surface area contributed by atoms with Crippen molar-refractivity contribution in [2.75, 3.05) is 5.32 Å². The summed E-state index contributed by atoms with van der Waals surface area (Å²) in [6, 6.07) is 6.15. The summed E-state index contributed by atoms with van der Waals surface area (Å²) >= 11 is 0. The van der Waals surface area contributed by atoms with Gasteiger partial charge in [0.15, 0.2) is 0 Å². The van der Waals surface area contributed by atoms with Gasteiger partial charge < -0.3 is 10.4 Å². The van der Waals surface area contributed by atoms with Crippen LogP contribution in [0.15, 0.2) is 18.2 Å². The van der Waals surface area contributed by atoms with Gasteiger partial charge in [-0.05, 0) is 31.9 Å². The van der Waals surface area contributed by atoms with Crippen LogP contribution in [0, 0.1) is 21.4 Å². The van der Waals surface area contributed by atoms with Crippen LogP contribution >= 0.6 is 0 Å². The zero-order valence-corrected chi connectivity index (χ0v) is 9.88. The van der Waals surface area contributed by atoms with Gasteiger partial charge in [0.25, 0.3) is 5.69 Å². The summed E-state index contributed by atoms with van der Waals surface area (Å²) in [6.45, 7) is 1.73. The van der Waals surface area contributed by atoms with E-state index in [-0.39, 0.29) is 11.7 Å². The van der Waals surface area contributed by atoms with Crippen LogP contribution in [-0.4, -0.2) is 21.7 Å². The predicted molar refractivity (Wildman–Crippen MR) is 65.1 cm³/mol. The quantitative estimate of drug-likeness (QED) is 0.626. The van der Waals surface area contributed by atoms with Gasteiger partial charge in [0.2, 0.25) is 0 Å². The van der Waals surface area contributed by atoms with Crippen molar-refractivity contribution in [2.45, 2.75) is 31.4 Å². The van der Waals surface area contributed by atoms with Crippen molar-refractivity contribution in [3.8, 4) is 6.07 Å². The van der Waals surface area contributed by atoms with Crippen molar-refractivity contribution in [1.82, 2.24) is 0 Å². The van der Waals surface area contributed by atoms with E-state index in [4.69, 9.17) is 5.26 Å². The van der Waals surface area contributed by atoms with Gasteiger partial charge in [0.05, 0.1) is 22.2 Å². The number of benzene rings is 1. The third-order valence-electron chi connectivity index (χ3n) is 3.05. The lowest BCUT2D eigenvalue weighted by Gasteiger charge is -2.41. The minimum atomic E-state index is -0.695. The Morgan fingerprint density at radius 1 is 1.61 bits per heavy atom. The van der Waals surface area contributed by atoms with Crippen LogP contribution in [0.1, 0.15) is 25.3 Å². The van der Waals surface area contributed by atoms with Crippen LogP contribution in [0.5, 0.6) is 0 Å². The Labute approximate surface area is 104 Å². The van der Waals surface area contributed by atoms with Gasteiger partial charge in [-0.1, -0.05) is 0 Å². The predicted octanol–water partition coefficient (Wildman–Crippen LogP) is 1.79. The first kappa shape index (κ1) is 12.3. The second-order valence-electron chi connectivity index (χ2n) is 4.85. The molecule has 1 aliphatic carbocycles. The molecule has 1 aromatic carbocycles. The summed E-state index contributed by atoms with van der Waals surface area (Å²) < 4.78 is 0. The fourth-order valence-electron chi connectivity index (χ4n) is 2.20. The highest BCUT2D eigenvalue weighted by molar-refractivity contribution is 5.65. The Morgan fingerprint density at radius 3 is 2.78 bits per heavy atom. The van der Waals surface area contributed by atoms with E-state index in [1.807, 2.05) is 6.07 Å². The van der Waals surface area contributed by atoms with Crippen LogP contribution in [0.4, 0.5) is 11.4 Å². The number of nitrogens with one attached hydrogen (secondary N) is 1. The van der Waals surface area contributed by atoms with E-state index in [0.29, 0.717) is 24.1 Å². The molecule has 1 aromatic rings. The normalized spacial score (nSPS) is 25.9. The molecular formula is C12H13N3O3. The van der Waals surface area contributed by atoms with Crippen molar-refractivity contribution in [3.63, 3.8) is 0 Å². The average Bonchev–Trinajstić information content (AvgIpc) is 2.26. The standard InChI is InChI=1S/C12H13N3O3/c1-12(16)5-9(6-12)14-10-4-8(7-13)2-3-11(10)15(17)18/h2-4,9,14,16H,5-6H2,1H3. The molecule has 0 bridgehead atoms. The molecule has 0 unspecified atom stereocenters. The SMILES string of the molecule is CC1(O)CC(Nc2cc(C#N)ccc2[N+](=O)[O-])C1. The molecule has 0 radical (unpaired) electrons. The average molecular weight is 247 g/mol. The highest BCUT2D eigenvalue weighted by Crippen LogP contribution is 2.36. The molecule has 0 atom stereocenters. The molecule has 0 aromatic heterocycles. The second kappa shape index (κ2) is 4.27. The molecule has 18 heavy (non-hydrogen) atoms. The van der Waals surface area contributed by atoms with Gasteiger partial charge >= 0.3 is 0 Å². The van der Waals surface area contributed by atoms with E-state index in [2.05, 4.69) is 5.32 Å². The molecule has 0 amide bonds. The van der Waals surface area contributed by atoms with E-state index in [1.54, 1.807) is 6.92 Å². The zero-order chi connectivity index (χ0) is 13.3. The Morgan fingerprint density at radius 2 is 2.28 bits per heavy atom. The molecule has 6 nitrogen and oxygen atoms in total. The molecule has 0 saturated heterocycles. The molecule has 2 N–H and O–H groups in total. The molecule has 0 aliphatic heterocycles. The van der Waals surface area contributed by atoms with Crippen LogP contribution in [0.2, 0.25) is 0 Å². The Balaban J connectivity index is 2.20. The fraction of sp³-hybridized carbons (Fsp3) is 0.417. The van der Waals surface area contributed by atoms with Gasteiger partial charge in [-0.3, -0.25) is 10.1 Å². The smallest absolute Gasteiger partial charge is 0.292 e. The Kier molecular flexibility index (Phi) is 2.93. The number of nitrogens with zero attached hydrogens (tertiary/aromatic N) is 2. The molecule has 1 saturated carbocycles. The van der Waals surface area contributed by atoms with Crippen molar-refractivity contribution in [2.24, 2.45) is 0 Å². The second-order valence-corrected chi connectivity index (χ2v) is 4.85. The summed E-state index contributed by atoms with van der Waals surface area (Å²) in [7, 11) is 0. The Bertz CT molecular complexity index is 526. The molecule has 0 heterocycles. The monoisotopic (exact) mass is 247 g/mol. The van der Waals surface area contributed by atoms with Crippen molar-refractivity contribution in [3.05, 3.63) is 33.9 Å². The number of rotatable bonds is 3. The fourth-order valence-corrected chi connectivity index (χ4v) is 2.20. The first-order valence-electron chi connectivity index (χ1n) is 5.59. The summed E-state index contributed by atoms with van der Waals surface area (Å²) in [5.41, 5.74) is -0.0477. The van der Waals surface area contributed by atoms with Gasteiger partial charge in [-0.2, -0.15) is 5.26 Å². The van der Waals surface area contributed by atoms with E-state index in [1.165, 1.54) is 18.2 Å². The molecular weight excluding hydrogens is 234 g/mol. The molecule has 1 fully saturated rings. The number of aliphatic hydroxyl groups is 1. The molecule has 94 valence electrons. The maximum atomic E-state index is 10.9. The minimum Gasteiger partial charge on any atom is -0.390 e. The summed E-state index contributed by atoms with van der Waals surface area (Å²) in [6.07, 6.45) is 1.09. The summed E-state index contributed by atoms with van der Waals surface area (Å²) in [4.78, 5) is 10.4. The molecule has 6 heteroatoms. The van der Waals surface area contributed by atoms with Crippen molar-refractivity contribution in [1.29, 1.82) is 5.26 Å². The third-order valence-corrected chi connectivity index (χ3v) is 3.05. The summed E-state index contributed by atoms with van der Waals surface area (Å²) in [5, 5.41) is 32.3. The minimum absolute atomic E-state index is 0.00708. The van der Waals surface area contributed by atoms with E-state index >= 15 is 0 Å². The van der Waals surface area contributed by atoms with E-state index in [9.17, 15) is 15.2 Å².